The van der Waals surface area contributed by atoms with Gasteiger partial charge < -0.3 is 25.7 Å². The average Bonchev–Trinajstić information content (AvgIpc) is 3.62. The molecule has 4 aromatic rings. The molecule has 1 aliphatic rings. The summed E-state index contributed by atoms with van der Waals surface area (Å²) in [5.74, 6) is 0.746. The maximum atomic E-state index is 13.4. The van der Waals surface area contributed by atoms with Gasteiger partial charge in [-0.3, -0.25) is 9.59 Å². The molecule has 2 aromatic heterocycles. The summed E-state index contributed by atoms with van der Waals surface area (Å²) in [7, 11) is 1.72. The molecule has 0 unspecified atom stereocenters. The smallest absolute Gasteiger partial charge is 0.248 e. The van der Waals surface area contributed by atoms with Crippen LogP contribution in [0.1, 0.15) is 53.3 Å². The summed E-state index contributed by atoms with van der Waals surface area (Å²) in [5.41, 5.74) is 16.5. The number of hydrogen-bond acceptors (Lipinski definition) is 6. The molecule has 4 N–H and O–H groups in total. The molecule has 9 heteroatoms. The monoisotopic (exact) mass is 559 g/mol. The highest BCUT2D eigenvalue weighted by Crippen LogP contribution is 2.31. The fraction of sp³-hybridized carbons (Fsp3) is 0.387. The van der Waals surface area contributed by atoms with E-state index in [2.05, 4.69) is 10.6 Å². The van der Waals surface area contributed by atoms with Gasteiger partial charge in [0.15, 0.2) is 0 Å². The van der Waals surface area contributed by atoms with Crippen LogP contribution in [0.4, 0.5) is 0 Å². The number of hydrogen-bond donors (Lipinski definition) is 2. The Morgan fingerprint density at radius 3 is 2.80 bits per heavy atom. The molecule has 0 radical (unpaired) electrons. The number of nitrogens with two attached hydrogens (primary N) is 2. The van der Waals surface area contributed by atoms with Crippen molar-refractivity contribution in [2.75, 3.05) is 26.8 Å². The Kier molecular flexibility index (Phi) is 8.94. The maximum Gasteiger partial charge on any atom is 0.248 e. The molecule has 1 saturated heterocycles. The number of thiophene rings is 1. The van der Waals surface area contributed by atoms with Crippen LogP contribution in [0.25, 0.3) is 21.5 Å². The van der Waals surface area contributed by atoms with Crippen LogP contribution in [0.3, 0.4) is 0 Å². The van der Waals surface area contributed by atoms with Crippen molar-refractivity contribution < 1.29 is 14.3 Å². The first kappa shape index (κ1) is 28.0. The summed E-state index contributed by atoms with van der Waals surface area (Å²) in [6.45, 7) is 2.85. The Balaban J connectivity index is 1.28. The number of nitrogens with zero attached hydrogens (tertiary/aromatic N) is 3. The summed E-state index contributed by atoms with van der Waals surface area (Å²) in [6.07, 6.45) is 3.41. The van der Waals surface area contributed by atoms with E-state index in [1.54, 1.807) is 24.5 Å². The fourth-order valence-corrected chi connectivity index (χ4v) is 6.45. The molecule has 3 heterocycles. The van der Waals surface area contributed by atoms with Crippen molar-refractivity contribution in [1.82, 2.24) is 14.5 Å². The summed E-state index contributed by atoms with van der Waals surface area (Å²) in [6, 6.07) is 17.4. The highest BCUT2D eigenvalue weighted by atomic mass is 32.1. The second kappa shape index (κ2) is 12.8. The Morgan fingerprint density at radius 1 is 1.18 bits per heavy atom. The van der Waals surface area contributed by atoms with Gasteiger partial charge in [-0.2, -0.15) is 0 Å². The molecule has 2 atom stereocenters. The summed E-state index contributed by atoms with van der Waals surface area (Å²) in [5, 5.41) is 2.02. The maximum absolute atomic E-state index is 13.4. The van der Waals surface area contributed by atoms with Gasteiger partial charge in [-0.1, -0.05) is 24.3 Å². The number of aromatic nitrogens is 2. The summed E-state index contributed by atoms with van der Waals surface area (Å²) in [4.78, 5) is 33.6. The minimum absolute atomic E-state index is 0.0364. The summed E-state index contributed by atoms with van der Waals surface area (Å²) < 4.78 is 7.58. The van der Waals surface area contributed by atoms with Gasteiger partial charge in [-0.05, 0) is 72.5 Å². The lowest BCUT2D eigenvalue weighted by Gasteiger charge is -2.33. The lowest BCUT2D eigenvalue weighted by atomic mass is 9.94. The second-order valence-corrected chi connectivity index (χ2v) is 11.5. The molecule has 40 heavy (non-hydrogen) atoms. The number of benzene rings is 2. The fourth-order valence-electron chi connectivity index (χ4n) is 5.73. The first-order valence-corrected chi connectivity index (χ1v) is 14.8. The minimum Gasteiger partial charge on any atom is -0.385 e. The van der Waals surface area contributed by atoms with Crippen LogP contribution >= 0.6 is 11.3 Å². The average molecular weight is 560 g/mol. The van der Waals surface area contributed by atoms with Crippen molar-refractivity contribution in [2.24, 2.45) is 11.5 Å². The van der Waals surface area contributed by atoms with E-state index < -0.39 is 11.9 Å². The minimum atomic E-state index is -0.487. The largest absolute Gasteiger partial charge is 0.385 e. The van der Waals surface area contributed by atoms with E-state index >= 15 is 0 Å². The van der Waals surface area contributed by atoms with Gasteiger partial charge in [0.1, 0.15) is 5.82 Å². The highest BCUT2D eigenvalue weighted by molar-refractivity contribution is 7.13. The van der Waals surface area contributed by atoms with Crippen molar-refractivity contribution in [2.45, 2.75) is 50.6 Å². The van der Waals surface area contributed by atoms with E-state index in [4.69, 9.17) is 21.2 Å². The van der Waals surface area contributed by atoms with E-state index in [0.29, 0.717) is 31.7 Å². The molecule has 0 bridgehead atoms. The number of carbonyl (C=O) groups excluding carboxylic acids is 2. The molecule has 5 rings (SSSR count). The number of ether oxygens (including phenoxy) is 1. The number of carbonyl (C=O) groups is 2. The van der Waals surface area contributed by atoms with Gasteiger partial charge in [0.25, 0.3) is 0 Å². The Hall–Kier alpha value is -3.53. The third-order valence-electron chi connectivity index (χ3n) is 7.65. The standard InChI is InChI=1S/C31H37N5O3S/c1-39-15-6-14-36-27-9-3-2-8-26(27)34-31(36)22-7-4-13-35(20-22)29(37)19-24(32)18-23-17-21(28-10-5-16-40-28)11-12-25(23)30(33)38/h2-3,5,8-12,16-17,22,24H,4,6-7,13-15,18-20,32H2,1H3,(H2,33,38)/t22-,24+/m1/s1. The molecule has 2 aromatic carbocycles. The predicted molar refractivity (Wildman–Crippen MR) is 159 cm³/mol. The van der Waals surface area contributed by atoms with Crippen LogP contribution in [0.5, 0.6) is 0 Å². The lowest BCUT2D eigenvalue weighted by Crippen LogP contribution is -2.42. The van der Waals surface area contributed by atoms with E-state index in [1.165, 1.54) is 0 Å². The SMILES string of the molecule is COCCCn1c([C@@H]2CCCN(C(=O)C[C@@H](N)Cc3cc(-c4cccs4)ccc3C(N)=O)C2)nc2ccccc21. The third-order valence-corrected chi connectivity index (χ3v) is 8.57. The number of piperidine rings is 1. The van der Waals surface area contributed by atoms with Gasteiger partial charge in [0, 0.05) is 62.2 Å². The molecule has 0 saturated carbocycles. The van der Waals surface area contributed by atoms with Crippen LogP contribution in [0.15, 0.2) is 60.0 Å². The summed E-state index contributed by atoms with van der Waals surface area (Å²) >= 11 is 1.63. The number of likely N-dealkylation sites (tertiary alicyclic amines) is 1. The lowest BCUT2D eigenvalue weighted by molar-refractivity contribution is -0.132. The molecule has 8 nitrogen and oxygen atoms in total. The van der Waals surface area contributed by atoms with E-state index in [0.717, 1.165) is 58.7 Å². The highest BCUT2D eigenvalue weighted by Gasteiger charge is 2.29. The second-order valence-electron chi connectivity index (χ2n) is 10.5. The van der Waals surface area contributed by atoms with E-state index in [9.17, 15) is 9.59 Å². The van der Waals surface area contributed by atoms with Gasteiger partial charge in [-0.25, -0.2) is 4.98 Å². The van der Waals surface area contributed by atoms with Crippen molar-refractivity contribution in [3.63, 3.8) is 0 Å². The van der Waals surface area contributed by atoms with Gasteiger partial charge >= 0.3 is 0 Å². The molecular weight excluding hydrogens is 522 g/mol. The molecular formula is C31H37N5O3S. The number of amides is 2. The molecule has 0 spiro atoms. The molecule has 0 aliphatic carbocycles. The van der Waals surface area contributed by atoms with Gasteiger partial charge in [0.2, 0.25) is 11.8 Å². The van der Waals surface area contributed by atoms with Crippen LogP contribution < -0.4 is 11.5 Å². The van der Waals surface area contributed by atoms with Crippen molar-refractivity contribution in [1.29, 1.82) is 0 Å². The Bertz CT molecular complexity index is 1470. The third kappa shape index (κ3) is 6.27. The van der Waals surface area contributed by atoms with Crippen molar-refractivity contribution in [3.8, 4) is 10.4 Å². The van der Waals surface area contributed by atoms with Gasteiger partial charge in [0.05, 0.1) is 11.0 Å². The van der Waals surface area contributed by atoms with E-state index in [-0.39, 0.29) is 18.2 Å². The van der Waals surface area contributed by atoms with Crippen molar-refractivity contribution in [3.05, 3.63) is 76.9 Å². The van der Waals surface area contributed by atoms with Crippen LogP contribution in [-0.2, 0) is 22.5 Å². The van der Waals surface area contributed by atoms with Crippen molar-refractivity contribution >= 4 is 34.2 Å². The molecule has 1 aliphatic heterocycles. The van der Waals surface area contributed by atoms with Crippen LogP contribution in [-0.4, -0.2) is 59.1 Å². The topological polar surface area (TPSA) is 116 Å². The number of rotatable bonds is 11. The first-order valence-electron chi connectivity index (χ1n) is 13.9. The van der Waals surface area contributed by atoms with Crippen LogP contribution in [0, 0.1) is 0 Å². The first-order chi connectivity index (χ1) is 19.4. The number of primary amides is 1. The van der Waals surface area contributed by atoms with Crippen LogP contribution in [0.2, 0.25) is 0 Å². The number of imidazole rings is 1. The quantitative estimate of drug-likeness (QED) is 0.261. The number of fused-ring (bicyclic) bond motifs is 1. The van der Waals surface area contributed by atoms with Gasteiger partial charge in [-0.15, -0.1) is 11.3 Å². The zero-order valence-electron chi connectivity index (χ0n) is 22.9. The van der Waals surface area contributed by atoms with E-state index in [1.807, 2.05) is 52.7 Å². The molecule has 210 valence electrons. The number of aryl methyl sites for hydroxylation is 1. The zero-order valence-corrected chi connectivity index (χ0v) is 23.7. The molecule has 2 amide bonds. The predicted octanol–water partition coefficient (Wildman–Crippen LogP) is 4.57. The normalized spacial score (nSPS) is 16.4. The Morgan fingerprint density at radius 2 is 2.02 bits per heavy atom. The number of methoxy groups -OCH3 is 1. The Labute approximate surface area is 238 Å². The zero-order chi connectivity index (χ0) is 28.1. The number of para-hydroxylation sites is 2. The molecule has 1 fully saturated rings.